The molecule has 2 aromatic rings. The molecule has 1 saturated carbocycles. The first-order chi connectivity index (χ1) is 12.0. The van der Waals surface area contributed by atoms with Crippen LogP contribution >= 0.6 is 0 Å². The fourth-order valence-electron chi connectivity index (χ4n) is 2.36. The van der Waals surface area contributed by atoms with Gasteiger partial charge in [-0.25, -0.2) is 23.1 Å². The molecule has 0 amide bonds. The number of hydrogen-bond acceptors (Lipinski definition) is 6. The van der Waals surface area contributed by atoms with Crippen LogP contribution < -0.4 is 10.0 Å². The average Bonchev–Trinajstić information content (AvgIpc) is 3.46. The van der Waals surface area contributed by atoms with E-state index in [2.05, 4.69) is 20.0 Å². The summed E-state index contributed by atoms with van der Waals surface area (Å²) in [6, 6.07) is 9.48. The van der Waals surface area contributed by atoms with Crippen molar-refractivity contribution in [1.82, 2.24) is 14.7 Å². The highest BCUT2D eigenvalue weighted by Crippen LogP contribution is 2.28. The number of hydrogen-bond donors (Lipinski definition) is 2. The van der Waals surface area contributed by atoms with E-state index in [1.165, 1.54) is 12.4 Å². The molecule has 2 N–H and O–H groups in total. The maximum atomic E-state index is 12.1. The van der Waals surface area contributed by atoms with Crippen LogP contribution in [0.3, 0.4) is 0 Å². The van der Waals surface area contributed by atoms with Crippen molar-refractivity contribution in [2.75, 3.05) is 11.9 Å². The molecule has 1 aliphatic rings. The molecule has 1 unspecified atom stereocenters. The van der Waals surface area contributed by atoms with Crippen molar-refractivity contribution in [1.29, 1.82) is 5.26 Å². The van der Waals surface area contributed by atoms with E-state index in [4.69, 9.17) is 5.26 Å². The molecule has 1 aliphatic carbocycles. The molecule has 1 aromatic heterocycles. The minimum atomic E-state index is -3.28. The molecular formula is C17H19N5O2S. The highest BCUT2D eigenvalue weighted by Gasteiger charge is 2.35. The molecule has 25 heavy (non-hydrogen) atoms. The van der Waals surface area contributed by atoms with Crippen LogP contribution in [0.15, 0.2) is 36.7 Å². The molecule has 0 radical (unpaired) electrons. The maximum absolute atomic E-state index is 12.1. The summed E-state index contributed by atoms with van der Waals surface area (Å²) in [5.74, 6) is 0.343. The maximum Gasteiger partial charge on any atom is 0.223 e. The Morgan fingerprint density at radius 1 is 1.24 bits per heavy atom. The van der Waals surface area contributed by atoms with Crippen LogP contribution in [0.2, 0.25) is 0 Å². The van der Waals surface area contributed by atoms with Gasteiger partial charge in [-0.1, -0.05) is 29.8 Å². The van der Waals surface area contributed by atoms with Gasteiger partial charge < -0.3 is 5.32 Å². The van der Waals surface area contributed by atoms with Gasteiger partial charge in [0.1, 0.15) is 6.07 Å². The summed E-state index contributed by atoms with van der Waals surface area (Å²) in [6.45, 7) is 2.19. The van der Waals surface area contributed by atoms with Crippen molar-refractivity contribution in [3.8, 4) is 6.07 Å². The first-order valence-electron chi connectivity index (χ1n) is 8.01. The molecule has 1 aromatic carbocycles. The third-order valence-corrected chi connectivity index (χ3v) is 5.93. The van der Waals surface area contributed by atoms with Crippen molar-refractivity contribution < 1.29 is 8.42 Å². The molecule has 0 bridgehead atoms. The van der Waals surface area contributed by atoms with E-state index in [1.54, 1.807) is 0 Å². The van der Waals surface area contributed by atoms with Gasteiger partial charge >= 0.3 is 0 Å². The number of sulfonamides is 1. The third kappa shape index (κ3) is 4.53. The summed E-state index contributed by atoms with van der Waals surface area (Å²) in [7, 11) is -3.28. The van der Waals surface area contributed by atoms with Gasteiger partial charge in [0.25, 0.3) is 0 Å². The van der Waals surface area contributed by atoms with E-state index in [-0.39, 0.29) is 17.8 Å². The summed E-state index contributed by atoms with van der Waals surface area (Å²) < 4.78 is 26.9. The molecule has 0 saturated heterocycles. The highest BCUT2D eigenvalue weighted by molar-refractivity contribution is 7.90. The van der Waals surface area contributed by atoms with Crippen LogP contribution in [0.1, 0.15) is 35.6 Å². The lowest BCUT2D eigenvalue weighted by Gasteiger charge is -2.20. The number of benzene rings is 1. The lowest BCUT2D eigenvalue weighted by atomic mass is 10.1. The lowest BCUT2D eigenvalue weighted by molar-refractivity contribution is 0.574. The van der Waals surface area contributed by atoms with E-state index in [9.17, 15) is 8.42 Å². The summed E-state index contributed by atoms with van der Waals surface area (Å²) >= 11 is 0. The number of nitriles is 1. The number of aromatic nitrogens is 2. The molecular weight excluding hydrogens is 338 g/mol. The fourth-order valence-corrected chi connectivity index (χ4v) is 3.75. The first kappa shape index (κ1) is 17.3. The Morgan fingerprint density at radius 2 is 1.88 bits per heavy atom. The van der Waals surface area contributed by atoms with E-state index < -0.39 is 10.0 Å². The van der Waals surface area contributed by atoms with Gasteiger partial charge in [-0.15, -0.1) is 0 Å². The molecule has 1 atom stereocenters. The fraction of sp³-hybridized carbons (Fsp3) is 0.353. The van der Waals surface area contributed by atoms with E-state index in [1.807, 2.05) is 37.3 Å². The normalized spacial score (nSPS) is 15.4. The minimum absolute atomic E-state index is 0.200. The van der Waals surface area contributed by atoms with Gasteiger partial charge in [-0.05, 0) is 25.3 Å². The van der Waals surface area contributed by atoms with Crippen molar-refractivity contribution in [3.05, 3.63) is 53.3 Å². The van der Waals surface area contributed by atoms with Gasteiger partial charge in [0.2, 0.25) is 16.0 Å². The summed E-state index contributed by atoms with van der Waals surface area (Å²) in [6.07, 6.45) is 4.29. The lowest BCUT2D eigenvalue weighted by Crippen LogP contribution is -2.34. The predicted octanol–water partition coefficient (Wildman–Crippen LogP) is 1.89. The molecule has 7 nitrogen and oxygen atoms in total. The van der Waals surface area contributed by atoms with Gasteiger partial charge in [-0.3, -0.25) is 0 Å². The molecule has 1 fully saturated rings. The largest absolute Gasteiger partial charge is 0.346 e. The van der Waals surface area contributed by atoms with Crippen LogP contribution in [-0.2, 0) is 10.0 Å². The Hall–Kier alpha value is -2.50. The second-order valence-electron chi connectivity index (χ2n) is 6.11. The van der Waals surface area contributed by atoms with Crippen molar-refractivity contribution in [2.45, 2.75) is 31.1 Å². The molecule has 3 rings (SSSR count). The Labute approximate surface area is 147 Å². The Balaban J connectivity index is 1.77. The van der Waals surface area contributed by atoms with E-state index in [0.717, 1.165) is 24.0 Å². The number of anilines is 1. The molecule has 0 aliphatic heterocycles. The average molecular weight is 357 g/mol. The van der Waals surface area contributed by atoms with E-state index >= 15 is 0 Å². The number of nitrogens with one attached hydrogen (secondary N) is 2. The first-order valence-corrected chi connectivity index (χ1v) is 9.56. The van der Waals surface area contributed by atoms with E-state index in [0.29, 0.717) is 11.5 Å². The Morgan fingerprint density at radius 3 is 2.44 bits per heavy atom. The standard InChI is InChI=1S/C17H19N5O2S/c1-12-2-4-14(5-3-12)16(11-21-25(23,24)15-6-7-15)22-17-19-9-13(8-18)10-20-17/h2-5,9-10,15-16,21H,6-7,11H2,1H3,(H,19,20,22). The number of aryl methyl sites for hydroxylation is 1. The van der Waals surface area contributed by atoms with Gasteiger partial charge in [0.05, 0.1) is 29.2 Å². The summed E-state index contributed by atoms with van der Waals surface area (Å²) in [5, 5.41) is 11.7. The second-order valence-corrected chi connectivity index (χ2v) is 8.15. The zero-order valence-corrected chi connectivity index (χ0v) is 14.6. The predicted molar refractivity (Wildman–Crippen MR) is 94.2 cm³/mol. The third-order valence-electron chi connectivity index (χ3n) is 4.02. The van der Waals surface area contributed by atoms with Crippen LogP contribution in [0.5, 0.6) is 0 Å². The smallest absolute Gasteiger partial charge is 0.223 e. The minimum Gasteiger partial charge on any atom is -0.346 e. The molecule has 8 heteroatoms. The zero-order chi connectivity index (χ0) is 17.9. The monoisotopic (exact) mass is 357 g/mol. The van der Waals surface area contributed by atoms with Gasteiger partial charge in [0, 0.05) is 6.54 Å². The van der Waals surface area contributed by atoms with Crippen LogP contribution in [-0.4, -0.2) is 30.2 Å². The second kappa shape index (κ2) is 7.17. The van der Waals surface area contributed by atoms with Crippen molar-refractivity contribution >= 4 is 16.0 Å². The summed E-state index contributed by atoms with van der Waals surface area (Å²) in [4.78, 5) is 8.20. The molecule has 130 valence electrons. The topological polar surface area (TPSA) is 108 Å². The zero-order valence-electron chi connectivity index (χ0n) is 13.8. The van der Waals surface area contributed by atoms with Crippen LogP contribution in [0.25, 0.3) is 0 Å². The van der Waals surface area contributed by atoms with Crippen LogP contribution in [0, 0.1) is 18.3 Å². The number of rotatable bonds is 7. The van der Waals surface area contributed by atoms with Gasteiger partial charge in [-0.2, -0.15) is 5.26 Å². The van der Waals surface area contributed by atoms with Crippen LogP contribution in [0.4, 0.5) is 5.95 Å². The summed E-state index contributed by atoms with van der Waals surface area (Å²) in [5.41, 5.74) is 2.42. The molecule has 1 heterocycles. The van der Waals surface area contributed by atoms with Gasteiger partial charge in [0.15, 0.2) is 0 Å². The number of nitrogens with zero attached hydrogens (tertiary/aromatic N) is 3. The van der Waals surface area contributed by atoms with Crippen molar-refractivity contribution in [2.24, 2.45) is 0 Å². The molecule has 0 spiro atoms. The Bertz CT molecular complexity index is 869. The SMILES string of the molecule is Cc1ccc(C(CNS(=O)(=O)C2CC2)Nc2ncc(C#N)cn2)cc1. The highest BCUT2D eigenvalue weighted by atomic mass is 32.2. The Kier molecular flexibility index (Phi) is 4.97. The van der Waals surface area contributed by atoms with Crippen molar-refractivity contribution in [3.63, 3.8) is 0 Å². The quantitative estimate of drug-likeness (QED) is 0.783.